The Morgan fingerprint density at radius 2 is 2.04 bits per heavy atom. The second-order valence-electron chi connectivity index (χ2n) is 7.30. The zero-order chi connectivity index (χ0) is 19.1. The van der Waals surface area contributed by atoms with E-state index in [1.165, 1.54) is 0 Å². The van der Waals surface area contributed by atoms with Crippen LogP contribution < -0.4 is 10.9 Å². The number of carbonyl (C=O) groups is 1. The molecule has 6 nitrogen and oxygen atoms in total. The summed E-state index contributed by atoms with van der Waals surface area (Å²) in [6.07, 6.45) is 3.72. The van der Waals surface area contributed by atoms with E-state index in [0.717, 1.165) is 46.9 Å². The Hall–Kier alpha value is -2.60. The van der Waals surface area contributed by atoms with E-state index >= 15 is 0 Å². The number of hydrogen-bond acceptors (Lipinski definition) is 5. The molecule has 27 heavy (non-hydrogen) atoms. The van der Waals surface area contributed by atoms with Crippen LogP contribution >= 0.6 is 0 Å². The number of ether oxygens (including phenoxy) is 1. The monoisotopic (exact) mass is 369 g/mol. The molecular formula is C21H23NO5. The van der Waals surface area contributed by atoms with Gasteiger partial charge in [0.2, 0.25) is 5.91 Å². The van der Waals surface area contributed by atoms with Gasteiger partial charge in [-0.15, -0.1) is 0 Å². The molecule has 3 aromatic rings. The molecular weight excluding hydrogens is 346 g/mol. The van der Waals surface area contributed by atoms with Crippen LogP contribution in [0.3, 0.4) is 0 Å². The van der Waals surface area contributed by atoms with E-state index in [0.29, 0.717) is 23.3 Å². The molecule has 0 spiro atoms. The number of nitrogens with one attached hydrogen (secondary N) is 1. The Morgan fingerprint density at radius 1 is 1.22 bits per heavy atom. The average Bonchev–Trinajstić information content (AvgIpc) is 3.27. The van der Waals surface area contributed by atoms with E-state index in [2.05, 4.69) is 5.32 Å². The lowest BCUT2D eigenvalue weighted by atomic mass is 9.99. The fourth-order valence-electron chi connectivity index (χ4n) is 3.93. The number of fused-ring (bicyclic) bond motifs is 3. The molecule has 0 radical (unpaired) electrons. The molecule has 0 unspecified atom stereocenters. The second-order valence-corrected chi connectivity index (χ2v) is 7.30. The van der Waals surface area contributed by atoms with Gasteiger partial charge >= 0.3 is 5.63 Å². The lowest BCUT2D eigenvalue weighted by molar-refractivity contribution is -0.121. The van der Waals surface area contributed by atoms with Gasteiger partial charge < -0.3 is 18.9 Å². The maximum atomic E-state index is 12.5. The summed E-state index contributed by atoms with van der Waals surface area (Å²) in [4.78, 5) is 24.9. The number of aryl methyl sites for hydroxylation is 3. The van der Waals surface area contributed by atoms with E-state index in [9.17, 15) is 9.59 Å². The van der Waals surface area contributed by atoms with Gasteiger partial charge in [0.15, 0.2) is 0 Å². The number of furan rings is 1. The summed E-state index contributed by atoms with van der Waals surface area (Å²) in [5.74, 6) is -0.209. The Morgan fingerprint density at radius 3 is 2.78 bits per heavy atom. The Labute approximate surface area is 156 Å². The van der Waals surface area contributed by atoms with Gasteiger partial charge in [-0.3, -0.25) is 4.79 Å². The maximum absolute atomic E-state index is 12.5. The first-order chi connectivity index (χ1) is 13.0. The van der Waals surface area contributed by atoms with Crippen molar-refractivity contribution in [3.63, 3.8) is 0 Å². The van der Waals surface area contributed by atoms with Crippen LogP contribution in [0.15, 0.2) is 26.0 Å². The molecule has 1 amide bonds. The Balaban J connectivity index is 1.70. The summed E-state index contributed by atoms with van der Waals surface area (Å²) in [6, 6.07) is 1.86. The van der Waals surface area contributed by atoms with Crippen molar-refractivity contribution in [2.45, 2.75) is 46.1 Å². The van der Waals surface area contributed by atoms with Gasteiger partial charge in [0.1, 0.15) is 11.2 Å². The summed E-state index contributed by atoms with van der Waals surface area (Å²) in [7, 11) is 0. The highest BCUT2D eigenvalue weighted by atomic mass is 16.5. The van der Waals surface area contributed by atoms with Crippen molar-refractivity contribution in [2.75, 3.05) is 13.2 Å². The lowest BCUT2D eigenvalue weighted by Crippen LogP contribution is -2.34. The van der Waals surface area contributed by atoms with Crippen molar-refractivity contribution in [1.82, 2.24) is 5.32 Å². The van der Waals surface area contributed by atoms with Gasteiger partial charge in [0.05, 0.1) is 29.7 Å². The largest absolute Gasteiger partial charge is 0.463 e. The third-order valence-electron chi connectivity index (χ3n) is 5.36. The minimum atomic E-state index is -0.478. The molecule has 2 aromatic heterocycles. The third kappa shape index (κ3) is 3.14. The molecule has 1 N–H and O–H groups in total. The van der Waals surface area contributed by atoms with Crippen LogP contribution in [0.25, 0.3) is 21.9 Å². The number of hydrogen-bond donors (Lipinski definition) is 1. The third-order valence-corrected chi connectivity index (χ3v) is 5.36. The predicted molar refractivity (Wildman–Crippen MR) is 102 cm³/mol. The fourth-order valence-corrected chi connectivity index (χ4v) is 3.93. The molecule has 4 rings (SSSR count). The van der Waals surface area contributed by atoms with Gasteiger partial charge in [-0.25, -0.2) is 4.79 Å². The van der Waals surface area contributed by atoms with Gasteiger partial charge in [-0.2, -0.15) is 0 Å². The summed E-state index contributed by atoms with van der Waals surface area (Å²) in [6.45, 7) is 7.00. The Kier molecular flexibility index (Phi) is 4.52. The SMILES string of the molecule is Cc1coc2c1c(C)cc1oc(=O)c(CC(=O)NC[C@H]3CCCO3)c(C)c12. The second kappa shape index (κ2) is 6.85. The van der Waals surface area contributed by atoms with Crippen LogP contribution in [0.5, 0.6) is 0 Å². The fraction of sp³-hybridized carbons (Fsp3) is 0.429. The lowest BCUT2D eigenvalue weighted by Gasteiger charge is -2.12. The predicted octanol–water partition coefficient (Wildman–Crippen LogP) is 3.30. The van der Waals surface area contributed by atoms with E-state index in [-0.39, 0.29) is 18.4 Å². The summed E-state index contributed by atoms with van der Waals surface area (Å²) < 4.78 is 16.8. The van der Waals surface area contributed by atoms with Gasteiger partial charge in [0.25, 0.3) is 0 Å². The topological polar surface area (TPSA) is 81.7 Å². The standard InChI is InChI=1S/C21H23NO5/c1-11-7-16-19(20-18(11)12(2)10-26-20)13(3)15(21(24)27-16)8-17(23)22-9-14-5-4-6-25-14/h7,10,14H,4-6,8-9H2,1-3H3,(H,22,23)/t14-/m1/s1. The molecule has 1 atom stereocenters. The quantitative estimate of drug-likeness (QED) is 0.714. The highest BCUT2D eigenvalue weighted by molar-refractivity contribution is 6.07. The normalized spacial score (nSPS) is 17.1. The highest BCUT2D eigenvalue weighted by Gasteiger charge is 2.21. The summed E-state index contributed by atoms with van der Waals surface area (Å²) in [5.41, 5.74) is 3.83. The Bertz CT molecular complexity index is 1090. The van der Waals surface area contributed by atoms with Crippen LogP contribution in [-0.4, -0.2) is 25.2 Å². The van der Waals surface area contributed by atoms with E-state index in [4.69, 9.17) is 13.6 Å². The van der Waals surface area contributed by atoms with Crippen LogP contribution in [-0.2, 0) is 16.0 Å². The van der Waals surface area contributed by atoms with E-state index < -0.39 is 5.63 Å². The van der Waals surface area contributed by atoms with Crippen molar-refractivity contribution < 1.29 is 18.4 Å². The highest BCUT2D eigenvalue weighted by Crippen LogP contribution is 2.34. The zero-order valence-corrected chi connectivity index (χ0v) is 15.8. The first kappa shape index (κ1) is 17.8. The molecule has 0 saturated carbocycles. The number of rotatable bonds is 4. The minimum Gasteiger partial charge on any atom is -0.463 e. The van der Waals surface area contributed by atoms with Crippen LogP contribution in [0.2, 0.25) is 0 Å². The van der Waals surface area contributed by atoms with Crippen molar-refractivity contribution in [3.05, 3.63) is 45.0 Å². The summed E-state index contributed by atoms with van der Waals surface area (Å²) >= 11 is 0. The first-order valence-electron chi connectivity index (χ1n) is 9.27. The molecule has 0 aliphatic carbocycles. The first-order valence-corrected chi connectivity index (χ1v) is 9.27. The molecule has 6 heteroatoms. The maximum Gasteiger partial charge on any atom is 0.340 e. The number of carbonyl (C=O) groups excluding carboxylic acids is 1. The molecule has 1 aliphatic rings. The minimum absolute atomic E-state index is 0.0219. The molecule has 1 aromatic carbocycles. The van der Waals surface area contributed by atoms with Crippen LogP contribution in [0.4, 0.5) is 0 Å². The smallest absolute Gasteiger partial charge is 0.340 e. The summed E-state index contributed by atoms with van der Waals surface area (Å²) in [5, 5.41) is 4.63. The zero-order valence-electron chi connectivity index (χ0n) is 15.8. The molecule has 1 aliphatic heterocycles. The molecule has 3 heterocycles. The van der Waals surface area contributed by atoms with Gasteiger partial charge in [-0.1, -0.05) is 0 Å². The van der Waals surface area contributed by atoms with Crippen LogP contribution in [0, 0.1) is 20.8 Å². The molecule has 1 saturated heterocycles. The van der Waals surface area contributed by atoms with E-state index in [1.807, 2.05) is 26.8 Å². The van der Waals surface area contributed by atoms with Gasteiger partial charge in [-0.05, 0) is 56.4 Å². The molecule has 0 bridgehead atoms. The van der Waals surface area contributed by atoms with Crippen LogP contribution in [0.1, 0.15) is 35.1 Å². The van der Waals surface area contributed by atoms with Crippen molar-refractivity contribution in [2.24, 2.45) is 0 Å². The van der Waals surface area contributed by atoms with Crippen molar-refractivity contribution in [3.8, 4) is 0 Å². The molecule has 142 valence electrons. The van der Waals surface area contributed by atoms with Crippen molar-refractivity contribution >= 4 is 27.8 Å². The van der Waals surface area contributed by atoms with Crippen molar-refractivity contribution in [1.29, 1.82) is 0 Å². The average molecular weight is 369 g/mol. The van der Waals surface area contributed by atoms with Gasteiger partial charge in [0, 0.05) is 18.5 Å². The number of amides is 1. The van der Waals surface area contributed by atoms with E-state index in [1.54, 1.807) is 6.26 Å². The number of benzene rings is 1. The molecule has 1 fully saturated rings.